The number of hydrogen-bond acceptors (Lipinski definition) is 5. The molecule has 0 saturated heterocycles. The number of benzene rings is 3. The molecule has 0 saturated carbocycles. The van der Waals surface area contributed by atoms with Crippen LogP contribution in [-0.2, 0) is 13.0 Å². The van der Waals surface area contributed by atoms with Crippen molar-refractivity contribution in [1.82, 2.24) is 25.2 Å². The summed E-state index contributed by atoms with van der Waals surface area (Å²) in [6.45, 7) is 5.41. The second-order valence-corrected chi connectivity index (χ2v) is 9.25. The summed E-state index contributed by atoms with van der Waals surface area (Å²) in [5, 5.41) is 13.8. The van der Waals surface area contributed by atoms with Gasteiger partial charge in [0.2, 0.25) is 0 Å². The molecule has 1 atom stereocenters. The molecule has 7 nitrogen and oxygen atoms in total. The van der Waals surface area contributed by atoms with E-state index in [1.807, 2.05) is 41.9 Å². The Kier molecular flexibility index (Phi) is 5.17. The fraction of sp³-hybridized carbons (Fsp3) is 0.214. The average molecular weight is 463 g/mol. The van der Waals surface area contributed by atoms with Crippen LogP contribution in [0.4, 0.5) is 5.69 Å². The van der Waals surface area contributed by atoms with Crippen molar-refractivity contribution in [1.29, 1.82) is 0 Å². The number of pyridine rings is 1. The summed E-state index contributed by atoms with van der Waals surface area (Å²) in [6, 6.07) is 24.3. The van der Waals surface area contributed by atoms with Crippen LogP contribution in [0.2, 0.25) is 0 Å². The number of hydrogen-bond donors (Lipinski definition) is 1. The highest BCUT2D eigenvalue weighted by Crippen LogP contribution is 2.37. The molecule has 1 N–H and O–H groups in total. The minimum absolute atomic E-state index is 0.118. The number of tetrazole rings is 1. The number of H-pyrrole nitrogens is 1. The summed E-state index contributed by atoms with van der Waals surface area (Å²) in [7, 11) is 0. The van der Waals surface area contributed by atoms with E-state index in [2.05, 4.69) is 74.8 Å². The summed E-state index contributed by atoms with van der Waals surface area (Å²) >= 11 is 0. The van der Waals surface area contributed by atoms with Crippen molar-refractivity contribution in [2.24, 2.45) is 0 Å². The van der Waals surface area contributed by atoms with Gasteiger partial charge in [0.1, 0.15) is 6.04 Å². The Morgan fingerprint density at radius 2 is 1.80 bits per heavy atom. The van der Waals surface area contributed by atoms with Crippen molar-refractivity contribution in [3.05, 3.63) is 117 Å². The van der Waals surface area contributed by atoms with Crippen molar-refractivity contribution in [2.45, 2.75) is 32.9 Å². The molecule has 7 heteroatoms. The zero-order valence-corrected chi connectivity index (χ0v) is 19.8. The Morgan fingerprint density at radius 3 is 2.66 bits per heavy atom. The molecule has 0 aliphatic carbocycles. The summed E-state index contributed by atoms with van der Waals surface area (Å²) < 4.78 is 1.81. The molecule has 3 aromatic carbocycles. The molecular weight excluding hydrogens is 436 g/mol. The predicted molar refractivity (Wildman–Crippen MR) is 137 cm³/mol. The van der Waals surface area contributed by atoms with Crippen molar-refractivity contribution < 1.29 is 0 Å². The van der Waals surface area contributed by atoms with Gasteiger partial charge in [-0.05, 0) is 71.0 Å². The number of anilines is 1. The Bertz CT molecular complexity index is 1590. The molecule has 174 valence electrons. The predicted octanol–water partition coefficient (Wildman–Crippen LogP) is 4.33. The SMILES string of the molecule is Cc1cc(C)c2[nH]c(=O)c([C@@H](c3nnnn3Cc3ccccc3)N3CCc4ccccc43)cc2c1. The summed E-state index contributed by atoms with van der Waals surface area (Å²) in [6.07, 6.45) is 0.913. The third-order valence-electron chi connectivity index (χ3n) is 6.83. The van der Waals surface area contributed by atoms with Crippen molar-refractivity contribution >= 4 is 16.6 Å². The molecule has 5 aromatic rings. The maximum Gasteiger partial charge on any atom is 0.254 e. The smallest absolute Gasteiger partial charge is 0.254 e. The van der Waals surface area contributed by atoms with Crippen LogP contribution in [0, 0.1) is 13.8 Å². The molecule has 0 radical (unpaired) electrons. The molecule has 3 heterocycles. The lowest BCUT2D eigenvalue weighted by atomic mass is 10.0. The van der Waals surface area contributed by atoms with Crippen LogP contribution in [0.1, 0.15) is 39.7 Å². The molecule has 0 unspecified atom stereocenters. The lowest BCUT2D eigenvalue weighted by molar-refractivity contribution is 0.577. The van der Waals surface area contributed by atoms with Gasteiger partial charge in [0, 0.05) is 17.8 Å². The Balaban J connectivity index is 1.55. The number of aromatic nitrogens is 5. The highest BCUT2D eigenvalue weighted by Gasteiger charge is 2.34. The first-order chi connectivity index (χ1) is 17.1. The van der Waals surface area contributed by atoms with Crippen LogP contribution >= 0.6 is 0 Å². The van der Waals surface area contributed by atoms with Crippen LogP contribution in [0.15, 0.2) is 77.6 Å². The number of para-hydroxylation sites is 1. The second kappa shape index (κ2) is 8.51. The molecule has 2 aromatic heterocycles. The van der Waals surface area contributed by atoms with Crippen LogP contribution in [0.25, 0.3) is 10.9 Å². The Hall–Kier alpha value is -4.26. The molecule has 35 heavy (non-hydrogen) atoms. The lowest BCUT2D eigenvalue weighted by Gasteiger charge is -2.29. The van der Waals surface area contributed by atoms with Gasteiger partial charge in [-0.2, -0.15) is 0 Å². The molecular formula is C28H26N6O. The van der Waals surface area contributed by atoms with Crippen molar-refractivity contribution in [3.8, 4) is 0 Å². The zero-order chi connectivity index (χ0) is 23.9. The quantitative estimate of drug-likeness (QED) is 0.421. The first-order valence-corrected chi connectivity index (χ1v) is 11.9. The highest BCUT2D eigenvalue weighted by atomic mass is 16.1. The van der Waals surface area contributed by atoms with E-state index >= 15 is 0 Å². The van der Waals surface area contributed by atoms with Gasteiger partial charge in [0.05, 0.1) is 12.1 Å². The number of aromatic amines is 1. The maximum atomic E-state index is 13.6. The monoisotopic (exact) mass is 462 g/mol. The number of nitrogens with zero attached hydrogens (tertiary/aromatic N) is 5. The molecule has 0 amide bonds. The van der Waals surface area contributed by atoms with Gasteiger partial charge in [0.25, 0.3) is 5.56 Å². The fourth-order valence-electron chi connectivity index (χ4n) is 5.26. The third kappa shape index (κ3) is 3.79. The zero-order valence-electron chi connectivity index (χ0n) is 19.8. The number of nitrogens with one attached hydrogen (secondary N) is 1. The van der Waals surface area contributed by atoms with Crippen molar-refractivity contribution in [3.63, 3.8) is 0 Å². The normalized spacial score (nSPS) is 13.8. The molecule has 0 bridgehead atoms. The number of fused-ring (bicyclic) bond motifs is 2. The van der Waals surface area contributed by atoms with Crippen LogP contribution < -0.4 is 10.5 Å². The lowest BCUT2D eigenvalue weighted by Crippen LogP contribution is -2.34. The standard InChI is InChI=1S/C28H26N6O/c1-18-14-19(2)25-22(15-18)16-23(28(35)29-25)26(33-13-12-21-10-6-7-11-24(21)33)27-30-31-32-34(27)17-20-8-4-3-5-9-20/h3-11,14-16,26H,12-13,17H2,1-2H3,(H,29,35)/t26-/m0/s1. The minimum atomic E-state index is -0.425. The maximum absolute atomic E-state index is 13.6. The largest absolute Gasteiger partial charge is 0.357 e. The van der Waals surface area contributed by atoms with Gasteiger partial charge in [-0.3, -0.25) is 4.79 Å². The van der Waals surface area contributed by atoms with Gasteiger partial charge < -0.3 is 9.88 Å². The van der Waals surface area contributed by atoms with Gasteiger partial charge >= 0.3 is 0 Å². The van der Waals surface area contributed by atoms with E-state index in [0.29, 0.717) is 17.9 Å². The molecule has 1 aliphatic rings. The van der Waals surface area contributed by atoms with Gasteiger partial charge in [-0.1, -0.05) is 60.2 Å². The third-order valence-corrected chi connectivity index (χ3v) is 6.83. The first kappa shape index (κ1) is 21.3. The van der Waals surface area contributed by atoms with E-state index in [1.165, 1.54) is 5.56 Å². The topological polar surface area (TPSA) is 79.7 Å². The Morgan fingerprint density at radius 1 is 1.00 bits per heavy atom. The van der Waals surface area contributed by atoms with E-state index in [4.69, 9.17) is 0 Å². The van der Waals surface area contributed by atoms with E-state index in [1.54, 1.807) is 0 Å². The number of rotatable bonds is 5. The average Bonchev–Trinajstić information content (AvgIpc) is 3.49. The van der Waals surface area contributed by atoms with E-state index < -0.39 is 6.04 Å². The second-order valence-electron chi connectivity index (χ2n) is 9.25. The van der Waals surface area contributed by atoms with Crippen LogP contribution in [-0.4, -0.2) is 31.7 Å². The van der Waals surface area contributed by atoms with Crippen molar-refractivity contribution in [2.75, 3.05) is 11.4 Å². The molecule has 1 aliphatic heterocycles. The van der Waals surface area contributed by atoms with Crippen LogP contribution in [0.5, 0.6) is 0 Å². The minimum Gasteiger partial charge on any atom is -0.357 e. The van der Waals surface area contributed by atoms with E-state index in [0.717, 1.165) is 46.2 Å². The van der Waals surface area contributed by atoms with Gasteiger partial charge in [-0.25, -0.2) is 4.68 Å². The first-order valence-electron chi connectivity index (χ1n) is 11.9. The Labute approximate surface area is 203 Å². The van der Waals surface area contributed by atoms with Gasteiger partial charge in [-0.15, -0.1) is 5.10 Å². The molecule has 0 fully saturated rings. The fourth-order valence-corrected chi connectivity index (χ4v) is 5.26. The van der Waals surface area contributed by atoms with E-state index in [-0.39, 0.29) is 5.56 Å². The summed E-state index contributed by atoms with van der Waals surface area (Å²) in [4.78, 5) is 19.0. The highest BCUT2D eigenvalue weighted by molar-refractivity contribution is 5.83. The molecule has 6 rings (SSSR count). The van der Waals surface area contributed by atoms with Gasteiger partial charge in [0.15, 0.2) is 5.82 Å². The van der Waals surface area contributed by atoms with E-state index in [9.17, 15) is 4.79 Å². The molecule has 0 spiro atoms. The summed E-state index contributed by atoms with van der Waals surface area (Å²) in [5.41, 5.74) is 7.09. The number of aryl methyl sites for hydroxylation is 2. The summed E-state index contributed by atoms with van der Waals surface area (Å²) in [5.74, 6) is 0.653. The van der Waals surface area contributed by atoms with Crippen LogP contribution in [0.3, 0.4) is 0 Å².